The number of aliphatic hydroxyl groups excluding tert-OH is 1. The van der Waals surface area contributed by atoms with Gasteiger partial charge in [-0.25, -0.2) is 13.6 Å². The topological polar surface area (TPSA) is 120 Å². The summed E-state index contributed by atoms with van der Waals surface area (Å²) < 4.78 is 26.7. The van der Waals surface area contributed by atoms with Crippen LogP contribution in [0.1, 0.15) is 30.2 Å². The van der Waals surface area contributed by atoms with Crippen molar-refractivity contribution in [2.24, 2.45) is 0 Å². The monoisotopic (exact) mass is 468 g/mol. The molecule has 0 bridgehead atoms. The first kappa shape index (κ1) is 25.2. The van der Waals surface area contributed by atoms with E-state index in [2.05, 4.69) is 20.8 Å². The van der Waals surface area contributed by atoms with Crippen LogP contribution in [0.5, 0.6) is 0 Å². The predicted molar refractivity (Wildman–Crippen MR) is 113 cm³/mol. The minimum atomic E-state index is -1.90. The van der Waals surface area contributed by atoms with Crippen molar-refractivity contribution in [1.82, 2.24) is 20.8 Å². The molecule has 0 saturated carbocycles. The largest absolute Gasteiger partial charge is 0.378 e. The quantitative estimate of drug-likeness (QED) is 0.265. The SMILES string of the molecule is C[C@H](NC(=O)C(O)c1cc(F)cc(F)c1)C(=O)N[C@H](C(=O)NCCNCl)c1ccccc1. The Balaban J connectivity index is 2.06. The van der Waals surface area contributed by atoms with E-state index in [0.717, 1.165) is 12.1 Å². The summed E-state index contributed by atoms with van der Waals surface area (Å²) in [6, 6.07) is 8.43. The van der Waals surface area contributed by atoms with Crippen LogP contribution in [0, 0.1) is 11.6 Å². The van der Waals surface area contributed by atoms with Crippen LogP contribution in [0.2, 0.25) is 0 Å². The number of amides is 3. The lowest BCUT2D eigenvalue weighted by atomic mass is 10.1. The first-order valence-electron chi connectivity index (χ1n) is 9.64. The fourth-order valence-corrected chi connectivity index (χ4v) is 2.88. The van der Waals surface area contributed by atoms with Crippen molar-refractivity contribution >= 4 is 29.5 Å². The molecule has 32 heavy (non-hydrogen) atoms. The average molecular weight is 469 g/mol. The maximum Gasteiger partial charge on any atom is 0.254 e. The number of hydrogen-bond donors (Lipinski definition) is 5. The molecule has 0 heterocycles. The Morgan fingerprint density at radius 3 is 2.12 bits per heavy atom. The van der Waals surface area contributed by atoms with Crippen LogP contribution in [0.4, 0.5) is 8.78 Å². The van der Waals surface area contributed by atoms with E-state index >= 15 is 0 Å². The molecule has 0 aliphatic rings. The van der Waals surface area contributed by atoms with Gasteiger partial charge >= 0.3 is 0 Å². The highest BCUT2D eigenvalue weighted by molar-refractivity contribution is 6.13. The number of carbonyl (C=O) groups excluding carboxylic acids is 3. The normalized spacial score (nSPS) is 13.5. The first-order valence-corrected chi connectivity index (χ1v) is 10.0. The summed E-state index contributed by atoms with van der Waals surface area (Å²) in [5.41, 5.74) is 0.202. The standard InChI is InChI=1S/C21H23ClF2N4O4/c1-12(27-21(32)18(29)14-9-15(23)11-16(24)10-14)19(30)28-17(13-5-3-2-4-6-13)20(31)25-7-8-26-22/h2-6,9-12,17-18,26,29H,7-8H2,1H3,(H,25,31)(H,27,32)(H,28,30)/t12-,17-,18?/m0/s1. The minimum absolute atomic E-state index is 0.213. The maximum absolute atomic E-state index is 13.3. The lowest BCUT2D eigenvalue weighted by Crippen LogP contribution is -2.50. The van der Waals surface area contributed by atoms with Crippen molar-refractivity contribution in [3.05, 3.63) is 71.3 Å². The first-order chi connectivity index (χ1) is 15.2. The van der Waals surface area contributed by atoms with Gasteiger partial charge in [0, 0.05) is 19.2 Å². The van der Waals surface area contributed by atoms with E-state index in [1.807, 2.05) is 0 Å². The molecule has 0 aromatic heterocycles. The molecule has 5 N–H and O–H groups in total. The summed E-state index contributed by atoms with van der Waals surface area (Å²) in [6.07, 6.45) is -1.90. The average Bonchev–Trinajstić information content (AvgIpc) is 2.76. The van der Waals surface area contributed by atoms with Crippen LogP contribution in [0.25, 0.3) is 0 Å². The zero-order valence-corrected chi connectivity index (χ0v) is 17.8. The molecule has 0 radical (unpaired) electrons. The molecular formula is C21H23ClF2N4O4. The molecule has 172 valence electrons. The van der Waals surface area contributed by atoms with E-state index in [9.17, 15) is 28.3 Å². The third-order valence-electron chi connectivity index (χ3n) is 4.40. The summed E-state index contributed by atoms with van der Waals surface area (Å²) in [5, 5.41) is 17.5. The van der Waals surface area contributed by atoms with E-state index in [4.69, 9.17) is 11.8 Å². The Bertz CT molecular complexity index is 928. The van der Waals surface area contributed by atoms with E-state index < -0.39 is 47.5 Å². The molecule has 11 heteroatoms. The van der Waals surface area contributed by atoms with Crippen molar-refractivity contribution < 1.29 is 28.3 Å². The van der Waals surface area contributed by atoms with Crippen molar-refractivity contribution in [2.45, 2.75) is 25.1 Å². The number of rotatable bonds is 10. The Labute approximate surface area is 188 Å². The lowest BCUT2D eigenvalue weighted by molar-refractivity contribution is -0.135. The van der Waals surface area contributed by atoms with Crippen LogP contribution >= 0.6 is 11.8 Å². The number of carbonyl (C=O) groups is 3. The van der Waals surface area contributed by atoms with Gasteiger partial charge < -0.3 is 21.1 Å². The molecule has 1 unspecified atom stereocenters. The molecule has 2 rings (SSSR count). The van der Waals surface area contributed by atoms with E-state index in [1.54, 1.807) is 30.3 Å². The lowest BCUT2D eigenvalue weighted by Gasteiger charge is -2.22. The van der Waals surface area contributed by atoms with Gasteiger partial charge in [-0.2, -0.15) is 0 Å². The Hall–Kier alpha value is -3.08. The molecular weight excluding hydrogens is 446 g/mol. The zero-order valence-electron chi connectivity index (χ0n) is 17.1. The van der Waals surface area contributed by atoms with Gasteiger partial charge in [0.2, 0.25) is 11.8 Å². The second-order valence-electron chi connectivity index (χ2n) is 6.86. The third-order valence-corrected chi connectivity index (χ3v) is 4.59. The van der Waals surface area contributed by atoms with Crippen LogP contribution in [0.15, 0.2) is 48.5 Å². The highest BCUT2D eigenvalue weighted by Gasteiger charge is 2.27. The smallest absolute Gasteiger partial charge is 0.254 e. The number of hydrogen-bond acceptors (Lipinski definition) is 5. The van der Waals surface area contributed by atoms with Gasteiger partial charge in [0.25, 0.3) is 5.91 Å². The summed E-state index contributed by atoms with van der Waals surface area (Å²) in [7, 11) is 0. The van der Waals surface area contributed by atoms with Crippen molar-refractivity contribution in [3.8, 4) is 0 Å². The molecule has 8 nitrogen and oxygen atoms in total. The highest BCUT2D eigenvalue weighted by atomic mass is 35.5. The van der Waals surface area contributed by atoms with Gasteiger partial charge in [-0.1, -0.05) is 30.3 Å². The summed E-state index contributed by atoms with van der Waals surface area (Å²) in [6.45, 7) is 1.85. The minimum Gasteiger partial charge on any atom is -0.378 e. The number of aliphatic hydroxyl groups is 1. The fourth-order valence-electron chi connectivity index (χ4n) is 2.79. The van der Waals surface area contributed by atoms with Crippen LogP contribution < -0.4 is 20.8 Å². The van der Waals surface area contributed by atoms with E-state index in [-0.39, 0.29) is 12.1 Å². The highest BCUT2D eigenvalue weighted by Crippen LogP contribution is 2.17. The van der Waals surface area contributed by atoms with Gasteiger partial charge in [0.1, 0.15) is 23.7 Å². The van der Waals surface area contributed by atoms with E-state index in [1.165, 1.54) is 6.92 Å². The molecule has 0 fully saturated rings. The third kappa shape index (κ3) is 7.26. The van der Waals surface area contributed by atoms with Gasteiger partial charge in [-0.3, -0.25) is 14.4 Å². The van der Waals surface area contributed by atoms with Gasteiger partial charge in [-0.05, 0) is 42.0 Å². The summed E-state index contributed by atoms with van der Waals surface area (Å²) >= 11 is 5.37. The Morgan fingerprint density at radius 1 is 0.906 bits per heavy atom. The second-order valence-corrected chi connectivity index (χ2v) is 7.13. The van der Waals surface area contributed by atoms with Crippen LogP contribution in [0.3, 0.4) is 0 Å². The molecule has 3 amide bonds. The number of halogens is 3. The van der Waals surface area contributed by atoms with Gasteiger partial charge in [0.05, 0.1) is 0 Å². The zero-order chi connectivity index (χ0) is 23.7. The molecule has 2 aromatic rings. The summed E-state index contributed by atoms with van der Waals surface area (Å²) in [5.74, 6) is -4.16. The van der Waals surface area contributed by atoms with Crippen molar-refractivity contribution in [3.63, 3.8) is 0 Å². The molecule has 2 aromatic carbocycles. The second kappa shape index (κ2) is 12.1. The Kier molecular flexibility index (Phi) is 9.51. The predicted octanol–water partition coefficient (Wildman–Crippen LogP) is 1.22. The molecule has 0 spiro atoms. The van der Waals surface area contributed by atoms with Crippen LogP contribution in [-0.4, -0.2) is 42.0 Å². The molecule has 0 aliphatic heterocycles. The molecule has 3 atom stereocenters. The number of nitrogens with one attached hydrogen (secondary N) is 4. The molecule has 0 aliphatic carbocycles. The Morgan fingerprint density at radius 2 is 1.53 bits per heavy atom. The molecule has 0 saturated heterocycles. The van der Waals surface area contributed by atoms with Crippen molar-refractivity contribution in [2.75, 3.05) is 13.1 Å². The van der Waals surface area contributed by atoms with E-state index in [0.29, 0.717) is 18.2 Å². The van der Waals surface area contributed by atoms with Gasteiger partial charge in [-0.15, -0.1) is 0 Å². The fraction of sp³-hybridized carbons (Fsp3) is 0.286. The summed E-state index contributed by atoms with van der Waals surface area (Å²) in [4.78, 5) is 39.8. The maximum atomic E-state index is 13.3. The van der Waals surface area contributed by atoms with Crippen LogP contribution in [-0.2, 0) is 14.4 Å². The number of benzene rings is 2. The van der Waals surface area contributed by atoms with Gasteiger partial charge in [0.15, 0.2) is 6.10 Å². The van der Waals surface area contributed by atoms with Crippen molar-refractivity contribution in [1.29, 1.82) is 0 Å².